The molecule has 0 aliphatic rings. The summed E-state index contributed by atoms with van der Waals surface area (Å²) in [5.41, 5.74) is 3.58. The summed E-state index contributed by atoms with van der Waals surface area (Å²) < 4.78 is 16.1. The Morgan fingerprint density at radius 1 is 1.00 bits per heavy atom. The Labute approximate surface area is 152 Å². The molecule has 0 unspecified atom stereocenters. The van der Waals surface area contributed by atoms with E-state index in [0.717, 1.165) is 22.4 Å². The molecule has 0 spiro atoms. The Hall–Kier alpha value is -2.40. The predicted octanol–water partition coefficient (Wildman–Crippen LogP) is 4.30. The van der Waals surface area contributed by atoms with Crippen molar-refractivity contribution in [2.45, 2.75) is 20.8 Å². The van der Waals surface area contributed by atoms with E-state index in [-0.39, 0.29) is 12.5 Å². The fourth-order valence-corrected chi connectivity index (χ4v) is 2.87. The first-order chi connectivity index (χ1) is 11.8. The van der Waals surface area contributed by atoms with Gasteiger partial charge in [0.1, 0.15) is 5.75 Å². The molecule has 1 N–H and O–H groups in total. The zero-order valence-electron chi connectivity index (χ0n) is 15.0. The minimum absolute atomic E-state index is 0.116. The number of carbonyl (C=O) groups excluding carboxylic acids is 1. The predicted molar refractivity (Wildman–Crippen MR) is 99.3 cm³/mol. The average molecular weight is 364 g/mol. The number of methoxy groups -OCH3 is 2. The average Bonchev–Trinajstić information content (AvgIpc) is 2.55. The highest BCUT2D eigenvalue weighted by atomic mass is 35.5. The molecule has 5 nitrogen and oxygen atoms in total. The molecule has 0 aliphatic heterocycles. The van der Waals surface area contributed by atoms with Crippen molar-refractivity contribution >= 4 is 23.2 Å². The van der Waals surface area contributed by atoms with Gasteiger partial charge in [0, 0.05) is 12.1 Å². The van der Waals surface area contributed by atoms with Crippen molar-refractivity contribution in [2.75, 3.05) is 26.1 Å². The Balaban J connectivity index is 2.09. The van der Waals surface area contributed by atoms with Crippen LogP contribution in [-0.4, -0.2) is 26.7 Å². The van der Waals surface area contributed by atoms with E-state index in [4.69, 9.17) is 25.8 Å². The van der Waals surface area contributed by atoms with Crippen molar-refractivity contribution in [2.24, 2.45) is 0 Å². The lowest BCUT2D eigenvalue weighted by Gasteiger charge is -2.15. The van der Waals surface area contributed by atoms with Gasteiger partial charge in [-0.25, -0.2) is 0 Å². The van der Waals surface area contributed by atoms with Crippen LogP contribution < -0.4 is 19.5 Å². The zero-order chi connectivity index (χ0) is 18.6. The second-order valence-corrected chi connectivity index (χ2v) is 6.16. The number of halogens is 1. The van der Waals surface area contributed by atoms with E-state index in [0.29, 0.717) is 22.2 Å². The molecule has 0 heterocycles. The molecule has 2 aromatic rings. The number of nitrogens with one attached hydrogen (secondary N) is 1. The Bertz CT molecular complexity index is 766. The fourth-order valence-electron chi connectivity index (χ4n) is 2.67. The zero-order valence-corrected chi connectivity index (χ0v) is 15.8. The first-order valence-corrected chi connectivity index (χ1v) is 8.15. The van der Waals surface area contributed by atoms with E-state index in [9.17, 15) is 4.79 Å². The number of ether oxygens (including phenoxy) is 3. The molecule has 0 saturated carbocycles. The van der Waals surface area contributed by atoms with Crippen molar-refractivity contribution in [3.05, 3.63) is 46.0 Å². The number of anilines is 1. The van der Waals surface area contributed by atoms with Crippen LogP contribution in [0.2, 0.25) is 5.02 Å². The van der Waals surface area contributed by atoms with Crippen LogP contribution in [-0.2, 0) is 4.79 Å². The second-order valence-electron chi connectivity index (χ2n) is 5.75. The molecule has 0 saturated heterocycles. The minimum Gasteiger partial charge on any atom is -0.493 e. The molecule has 25 heavy (non-hydrogen) atoms. The summed E-state index contributed by atoms with van der Waals surface area (Å²) >= 11 is 6.18. The second kappa shape index (κ2) is 8.12. The molecule has 2 aromatic carbocycles. The van der Waals surface area contributed by atoms with Crippen molar-refractivity contribution in [1.82, 2.24) is 0 Å². The summed E-state index contributed by atoms with van der Waals surface area (Å²) in [6.07, 6.45) is 0. The number of carbonyl (C=O) groups is 1. The van der Waals surface area contributed by atoms with Crippen LogP contribution in [0.15, 0.2) is 24.3 Å². The molecular formula is C19H22ClNO4. The molecule has 0 aromatic heterocycles. The third-order valence-electron chi connectivity index (χ3n) is 3.70. The topological polar surface area (TPSA) is 56.8 Å². The molecule has 0 aliphatic carbocycles. The van der Waals surface area contributed by atoms with Crippen molar-refractivity contribution < 1.29 is 19.0 Å². The normalized spacial score (nSPS) is 10.3. The molecule has 6 heteroatoms. The number of hydrogen-bond acceptors (Lipinski definition) is 4. The van der Waals surface area contributed by atoms with Crippen LogP contribution in [0, 0.1) is 20.8 Å². The maximum Gasteiger partial charge on any atom is 0.262 e. The van der Waals surface area contributed by atoms with Crippen LogP contribution in [0.25, 0.3) is 0 Å². The van der Waals surface area contributed by atoms with Gasteiger partial charge in [0.15, 0.2) is 18.1 Å². The molecule has 0 bridgehead atoms. The molecular weight excluding hydrogens is 342 g/mol. The highest BCUT2D eigenvalue weighted by molar-refractivity contribution is 6.34. The van der Waals surface area contributed by atoms with E-state index in [1.165, 1.54) is 14.2 Å². The largest absolute Gasteiger partial charge is 0.493 e. The van der Waals surface area contributed by atoms with Crippen LogP contribution >= 0.6 is 11.6 Å². The van der Waals surface area contributed by atoms with Gasteiger partial charge in [-0.05, 0) is 31.9 Å². The lowest BCUT2D eigenvalue weighted by atomic mass is 10.1. The van der Waals surface area contributed by atoms with Crippen molar-refractivity contribution in [3.8, 4) is 17.2 Å². The van der Waals surface area contributed by atoms with Gasteiger partial charge < -0.3 is 19.5 Å². The van der Waals surface area contributed by atoms with E-state index in [1.807, 2.05) is 32.9 Å². The lowest BCUT2D eigenvalue weighted by molar-refractivity contribution is -0.118. The summed E-state index contributed by atoms with van der Waals surface area (Å²) in [5.74, 6) is 1.38. The van der Waals surface area contributed by atoms with Gasteiger partial charge >= 0.3 is 0 Å². The first-order valence-electron chi connectivity index (χ1n) is 7.77. The number of aryl methyl sites for hydroxylation is 3. The highest BCUT2D eigenvalue weighted by Crippen LogP contribution is 2.36. The third-order valence-corrected chi connectivity index (χ3v) is 4.01. The molecule has 0 radical (unpaired) electrons. The van der Waals surface area contributed by atoms with Crippen LogP contribution in [0.3, 0.4) is 0 Å². The van der Waals surface area contributed by atoms with Crippen molar-refractivity contribution in [1.29, 1.82) is 0 Å². The van der Waals surface area contributed by atoms with Gasteiger partial charge in [-0.2, -0.15) is 0 Å². The van der Waals surface area contributed by atoms with Crippen molar-refractivity contribution in [3.63, 3.8) is 0 Å². The highest BCUT2D eigenvalue weighted by Gasteiger charge is 2.13. The Morgan fingerprint density at radius 3 is 2.12 bits per heavy atom. The summed E-state index contributed by atoms with van der Waals surface area (Å²) in [5, 5.41) is 3.08. The van der Waals surface area contributed by atoms with Gasteiger partial charge in [0.05, 0.1) is 24.9 Å². The molecule has 2 rings (SSSR count). The molecule has 1 amide bonds. The maximum atomic E-state index is 12.2. The summed E-state index contributed by atoms with van der Waals surface area (Å²) in [6.45, 7) is 5.82. The quantitative estimate of drug-likeness (QED) is 0.831. The third kappa shape index (κ3) is 4.57. The molecule has 0 atom stereocenters. The number of amides is 1. The van der Waals surface area contributed by atoms with Gasteiger partial charge in [-0.15, -0.1) is 0 Å². The van der Waals surface area contributed by atoms with E-state index in [1.54, 1.807) is 12.1 Å². The first kappa shape index (κ1) is 18.9. The summed E-state index contributed by atoms with van der Waals surface area (Å²) in [7, 11) is 3.04. The Kier molecular flexibility index (Phi) is 6.15. The van der Waals surface area contributed by atoms with Gasteiger partial charge in [-0.3, -0.25) is 4.79 Å². The van der Waals surface area contributed by atoms with E-state index in [2.05, 4.69) is 5.32 Å². The lowest BCUT2D eigenvalue weighted by Crippen LogP contribution is -2.21. The standard InChI is InChI=1S/C19H22ClNO4/c1-11-6-12(2)19(13(3)7-11)25-10-18(22)21-15-9-17(24-5)16(23-4)8-14(15)20/h6-9H,10H2,1-5H3,(H,21,22). The monoisotopic (exact) mass is 363 g/mol. The van der Waals surface area contributed by atoms with E-state index >= 15 is 0 Å². The number of rotatable bonds is 6. The molecule has 0 fully saturated rings. The summed E-state index contributed by atoms with van der Waals surface area (Å²) in [4.78, 5) is 12.2. The number of hydrogen-bond donors (Lipinski definition) is 1. The van der Waals surface area contributed by atoms with Gasteiger partial charge in [0.25, 0.3) is 5.91 Å². The SMILES string of the molecule is COc1cc(Cl)c(NC(=O)COc2c(C)cc(C)cc2C)cc1OC. The van der Waals surface area contributed by atoms with Gasteiger partial charge in [0.2, 0.25) is 0 Å². The fraction of sp³-hybridized carbons (Fsp3) is 0.316. The van der Waals surface area contributed by atoms with Crippen LogP contribution in [0.1, 0.15) is 16.7 Å². The Morgan fingerprint density at radius 2 is 1.56 bits per heavy atom. The van der Waals surface area contributed by atoms with Crippen LogP contribution in [0.5, 0.6) is 17.2 Å². The maximum absolute atomic E-state index is 12.2. The van der Waals surface area contributed by atoms with Gasteiger partial charge in [-0.1, -0.05) is 29.3 Å². The minimum atomic E-state index is -0.312. The number of benzene rings is 2. The van der Waals surface area contributed by atoms with E-state index < -0.39 is 0 Å². The smallest absolute Gasteiger partial charge is 0.262 e. The van der Waals surface area contributed by atoms with Crippen LogP contribution in [0.4, 0.5) is 5.69 Å². The summed E-state index contributed by atoms with van der Waals surface area (Å²) in [6, 6.07) is 7.24. The molecule has 134 valence electrons.